The van der Waals surface area contributed by atoms with Gasteiger partial charge in [-0.15, -0.1) is 13.2 Å². The molecule has 0 spiro atoms. The van der Waals surface area contributed by atoms with Gasteiger partial charge in [0.2, 0.25) is 0 Å². The maximum atomic E-state index is 11.5. The lowest BCUT2D eigenvalue weighted by molar-refractivity contribution is -0.146. The van der Waals surface area contributed by atoms with E-state index < -0.39 is 17.2 Å². The summed E-state index contributed by atoms with van der Waals surface area (Å²) >= 11 is 0. The molecule has 0 radical (unpaired) electrons. The van der Waals surface area contributed by atoms with Gasteiger partial charge in [0, 0.05) is 0 Å². The second-order valence-electron chi connectivity index (χ2n) is 4.93. The monoisotopic (exact) mass is 257 g/mol. The predicted octanol–water partition coefficient (Wildman–Crippen LogP) is 2.41. The average Bonchev–Trinajstić information content (AvgIpc) is 2.99. The van der Waals surface area contributed by atoms with Gasteiger partial charge in [0.1, 0.15) is 11.1 Å². The molecule has 1 amide bonds. The van der Waals surface area contributed by atoms with Crippen LogP contribution >= 0.6 is 0 Å². The molecule has 0 aromatic rings. The highest BCUT2D eigenvalue weighted by Crippen LogP contribution is 2.36. The summed E-state index contributed by atoms with van der Waals surface area (Å²) in [4.78, 5) is 23.0. The van der Waals surface area contributed by atoms with Crippen molar-refractivity contribution in [3.8, 4) is 0 Å². The Morgan fingerprint density at radius 2 is 1.78 bits per heavy atom. The third-order valence-corrected chi connectivity index (χ3v) is 2.16. The van der Waals surface area contributed by atoms with Crippen molar-refractivity contribution in [2.24, 2.45) is 0 Å². The van der Waals surface area contributed by atoms with E-state index in [0.717, 1.165) is 0 Å². The number of nitrogens with one attached hydrogen (secondary N) is 1. The largest absolute Gasteiger partial charge is 0.464 e. The molecule has 5 heteroatoms. The van der Waals surface area contributed by atoms with Crippen LogP contribution in [0.3, 0.4) is 0 Å². The first-order chi connectivity index (χ1) is 8.29. The molecule has 0 saturated heterocycles. The molecule has 1 aliphatic carbocycles. The fraction of sp³-hybridized carbons (Fsp3) is 0.692. The molecule has 0 aromatic carbocycles. The van der Waals surface area contributed by atoms with Gasteiger partial charge in [0.25, 0.3) is 0 Å². The van der Waals surface area contributed by atoms with Crippen LogP contribution in [-0.4, -0.2) is 29.8 Å². The normalized spacial score (nSPS) is 15.8. The molecular weight excluding hydrogens is 234 g/mol. The van der Waals surface area contributed by atoms with Crippen LogP contribution in [-0.2, 0) is 14.3 Å². The van der Waals surface area contributed by atoms with Gasteiger partial charge in [0.05, 0.1) is 6.61 Å². The minimum absolute atomic E-state index is 0.316. The average molecular weight is 257 g/mol. The van der Waals surface area contributed by atoms with Gasteiger partial charge in [-0.2, -0.15) is 0 Å². The van der Waals surface area contributed by atoms with Gasteiger partial charge in [-0.3, -0.25) is 0 Å². The van der Waals surface area contributed by atoms with Crippen molar-refractivity contribution in [2.75, 3.05) is 6.61 Å². The summed E-state index contributed by atoms with van der Waals surface area (Å²) in [5.74, 6) is -0.374. The molecule has 1 saturated carbocycles. The van der Waals surface area contributed by atoms with Crippen molar-refractivity contribution < 1.29 is 19.1 Å². The first-order valence-corrected chi connectivity index (χ1v) is 5.97. The van der Waals surface area contributed by atoms with E-state index in [1.54, 1.807) is 27.7 Å². The van der Waals surface area contributed by atoms with Crippen molar-refractivity contribution in [2.45, 2.75) is 51.7 Å². The lowest BCUT2D eigenvalue weighted by Gasteiger charge is -2.22. The zero-order valence-electron chi connectivity index (χ0n) is 11.7. The van der Waals surface area contributed by atoms with Gasteiger partial charge in [-0.25, -0.2) is 9.59 Å². The third-order valence-electron chi connectivity index (χ3n) is 2.16. The van der Waals surface area contributed by atoms with E-state index in [4.69, 9.17) is 9.47 Å². The van der Waals surface area contributed by atoms with Gasteiger partial charge in [0.15, 0.2) is 0 Å². The molecule has 18 heavy (non-hydrogen) atoms. The van der Waals surface area contributed by atoms with Gasteiger partial charge < -0.3 is 14.8 Å². The van der Waals surface area contributed by atoms with Crippen molar-refractivity contribution in [3.63, 3.8) is 0 Å². The van der Waals surface area contributed by atoms with Crippen molar-refractivity contribution in [3.05, 3.63) is 13.2 Å². The van der Waals surface area contributed by atoms with E-state index in [2.05, 4.69) is 18.5 Å². The maximum absolute atomic E-state index is 11.5. The molecule has 0 aliphatic heterocycles. The summed E-state index contributed by atoms with van der Waals surface area (Å²) in [7, 11) is 0. The standard InChI is InChI=1S/C11H19NO4.C2H4/c1-5-15-8(13)11(6-7-11)12-9(14)16-10(2,3)4;1-2/h5-7H2,1-4H3,(H,12,14);1-2H2. The number of hydrogen-bond donors (Lipinski definition) is 1. The van der Waals surface area contributed by atoms with Gasteiger partial charge >= 0.3 is 12.1 Å². The fourth-order valence-corrected chi connectivity index (χ4v) is 1.27. The number of hydrogen-bond acceptors (Lipinski definition) is 4. The molecule has 1 aliphatic rings. The van der Waals surface area contributed by atoms with E-state index >= 15 is 0 Å². The Bertz CT molecular complexity index is 303. The maximum Gasteiger partial charge on any atom is 0.408 e. The SMILES string of the molecule is C=C.CCOC(=O)C1(NC(=O)OC(C)(C)C)CC1. The molecule has 104 valence electrons. The summed E-state index contributed by atoms with van der Waals surface area (Å²) in [6, 6.07) is 0. The van der Waals surface area contributed by atoms with Gasteiger partial charge in [-0.1, -0.05) is 0 Å². The number of ether oxygens (including phenoxy) is 2. The number of rotatable bonds is 3. The Morgan fingerprint density at radius 1 is 1.28 bits per heavy atom. The summed E-state index contributed by atoms with van der Waals surface area (Å²) in [6.07, 6.45) is 0.661. The quantitative estimate of drug-likeness (QED) is 0.623. The molecule has 0 aromatic heterocycles. The number of alkyl carbamates (subject to hydrolysis) is 1. The van der Waals surface area contributed by atoms with E-state index in [9.17, 15) is 9.59 Å². The van der Waals surface area contributed by atoms with Crippen LogP contribution < -0.4 is 5.32 Å². The topological polar surface area (TPSA) is 64.6 Å². The van der Waals surface area contributed by atoms with Crippen molar-refractivity contribution in [1.29, 1.82) is 0 Å². The van der Waals surface area contributed by atoms with Crippen molar-refractivity contribution >= 4 is 12.1 Å². The van der Waals surface area contributed by atoms with E-state index in [1.807, 2.05) is 0 Å². The van der Waals surface area contributed by atoms with Crippen LogP contribution in [0.4, 0.5) is 4.79 Å². The molecule has 0 atom stereocenters. The molecule has 0 unspecified atom stereocenters. The number of carbonyl (C=O) groups excluding carboxylic acids is 2. The van der Waals surface area contributed by atoms with Crippen LogP contribution in [0.5, 0.6) is 0 Å². The van der Waals surface area contributed by atoms with Gasteiger partial charge in [-0.05, 0) is 40.5 Å². The zero-order valence-corrected chi connectivity index (χ0v) is 11.7. The lowest BCUT2D eigenvalue weighted by atomic mass is 10.2. The summed E-state index contributed by atoms with van der Waals surface area (Å²) in [5, 5.41) is 2.57. The molecule has 1 rings (SSSR count). The van der Waals surface area contributed by atoms with E-state index in [0.29, 0.717) is 19.4 Å². The lowest BCUT2D eigenvalue weighted by Crippen LogP contribution is -2.46. The Hall–Kier alpha value is -1.52. The highest BCUT2D eigenvalue weighted by molar-refractivity contribution is 5.88. The smallest absolute Gasteiger partial charge is 0.408 e. The first kappa shape index (κ1) is 16.5. The van der Waals surface area contributed by atoms with Crippen LogP contribution in [0.1, 0.15) is 40.5 Å². The Morgan fingerprint density at radius 3 is 2.11 bits per heavy atom. The molecule has 5 nitrogen and oxygen atoms in total. The number of esters is 1. The molecule has 1 fully saturated rings. The van der Waals surface area contributed by atoms with E-state index in [1.165, 1.54) is 0 Å². The van der Waals surface area contributed by atoms with Crippen molar-refractivity contribution in [1.82, 2.24) is 5.32 Å². The fourth-order valence-electron chi connectivity index (χ4n) is 1.27. The second kappa shape index (κ2) is 6.42. The van der Waals surface area contributed by atoms with Crippen LogP contribution in [0.2, 0.25) is 0 Å². The molecule has 0 heterocycles. The third kappa shape index (κ3) is 5.21. The minimum atomic E-state index is -0.835. The first-order valence-electron chi connectivity index (χ1n) is 5.97. The minimum Gasteiger partial charge on any atom is -0.464 e. The summed E-state index contributed by atoms with van der Waals surface area (Å²) < 4.78 is 9.97. The summed E-state index contributed by atoms with van der Waals surface area (Å²) in [5.41, 5.74) is -1.40. The second-order valence-corrected chi connectivity index (χ2v) is 4.93. The van der Waals surface area contributed by atoms with Crippen LogP contribution in [0.15, 0.2) is 13.2 Å². The zero-order chi connectivity index (χ0) is 14.4. The highest BCUT2D eigenvalue weighted by Gasteiger charge is 2.53. The predicted molar refractivity (Wildman–Crippen MR) is 69.2 cm³/mol. The molecule has 0 bridgehead atoms. The Balaban J connectivity index is 0.00000137. The molecular formula is C13H23NO4. The Labute approximate surface area is 109 Å². The number of amides is 1. The van der Waals surface area contributed by atoms with Crippen LogP contribution in [0, 0.1) is 0 Å². The molecule has 1 N–H and O–H groups in total. The van der Waals surface area contributed by atoms with Crippen LogP contribution in [0.25, 0.3) is 0 Å². The summed E-state index contributed by atoms with van der Waals surface area (Å²) in [6.45, 7) is 13.4. The number of carbonyl (C=O) groups is 2. The Kier molecular flexibility index (Phi) is 5.88. The van der Waals surface area contributed by atoms with E-state index in [-0.39, 0.29) is 5.97 Å². The highest BCUT2D eigenvalue weighted by atomic mass is 16.6.